The minimum Gasteiger partial charge on any atom is -0.379 e. The SMILES string of the molecule is NCCCc1ccc(SC2COC2)c(Br)c1. The molecular weight excluding hydrogens is 286 g/mol. The predicted octanol–water partition coefficient (Wildman–Crippen LogP) is 2.83. The molecule has 0 aromatic heterocycles. The molecule has 1 aliphatic rings. The van der Waals surface area contributed by atoms with E-state index in [0.29, 0.717) is 5.25 Å². The monoisotopic (exact) mass is 301 g/mol. The van der Waals surface area contributed by atoms with E-state index in [4.69, 9.17) is 10.5 Å². The summed E-state index contributed by atoms with van der Waals surface area (Å²) in [6.07, 6.45) is 2.11. The van der Waals surface area contributed by atoms with Gasteiger partial charge in [-0.2, -0.15) is 0 Å². The number of hydrogen-bond acceptors (Lipinski definition) is 3. The van der Waals surface area contributed by atoms with Gasteiger partial charge in [0.05, 0.1) is 18.5 Å². The van der Waals surface area contributed by atoms with Crippen LogP contribution in [0.3, 0.4) is 0 Å². The fraction of sp³-hybridized carbons (Fsp3) is 0.500. The summed E-state index contributed by atoms with van der Waals surface area (Å²) in [5.41, 5.74) is 6.86. The third kappa shape index (κ3) is 3.23. The van der Waals surface area contributed by atoms with Crippen molar-refractivity contribution in [1.82, 2.24) is 0 Å². The number of thioether (sulfide) groups is 1. The maximum Gasteiger partial charge on any atom is 0.0611 e. The van der Waals surface area contributed by atoms with Crippen LogP contribution in [0.25, 0.3) is 0 Å². The molecule has 0 atom stereocenters. The molecule has 1 aliphatic heterocycles. The van der Waals surface area contributed by atoms with E-state index in [1.165, 1.54) is 14.9 Å². The molecule has 2 N–H and O–H groups in total. The van der Waals surface area contributed by atoms with Crippen molar-refractivity contribution in [2.24, 2.45) is 5.73 Å². The summed E-state index contributed by atoms with van der Waals surface area (Å²) in [7, 11) is 0. The van der Waals surface area contributed by atoms with Gasteiger partial charge in [0.1, 0.15) is 0 Å². The topological polar surface area (TPSA) is 35.2 Å². The Morgan fingerprint density at radius 2 is 2.25 bits per heavy atom. The third-order valence-electron chi connectivity index (χ3n) is 2.57. The van der Waals surface area contributed by atoms with Crippen LogP contribution in [0.1, 0.15) is 12.0 Å². The van der Waals surface area contributed by atoms with Crippen LogP contribution in [-0.4, -0.2) is 25.0 Å². The van der Waals surface area contributed by atoms with Crippen molar-refractivity contribution in [1.29, 1.82) is 0 Å². The van der Waals surface area contributed by atoms with E-state index in [1.807, 2.05) is 11.8 Å². The number of ether oxygens (including phenoxy) is 1. The van der Waals surface area contributed by atoms with E-state index in [2.05, 4.69) is 34.1 Å². The van der Waals surface area contributed by atoms with Crippen molar-refractivity contribution < 1.29 is 4.74 Å². The summed E-state index contributed by atoms with van der Waals surface area (Å²) in [5.74, 6) is 0. The second kappa shape index (κ2) is 6.05. The van der Waals surface area contributed by atoms with Gasteiger partial charge < -0.3 is 10.5 Å². The first-order valence-electron chi connectivity index (χ1n) is 5.52. The number of rotatable bonds is 5. The molecule has 4 heteroatoms. The molecule has 0 spiro atoms. The zero-order valence-corrected chi connectivity index (χ0v) is 11.5. The van der Waals surface area contributed by atoms with Gasteiger partial charge >= 0.3 is 0 Å². The molecule has 1 fully saturated rings. The molecule has 0 aliphatic carbocycles. The van der Waals surface area contributed by atoms with Gasteiger partial charge in [0, 0.05) is 9.37 Å². The number of halogens is 1. The molecule has 0 unspecified atom stereocenters. The maximum absolute atomic E-state index is 5.51. The quantitative estimate of drug-likeness (QED) is 0.908. The van der Waals surface area contributed by atoms with Crippen molar-refractivity contribution in [3.05, 3.63) is 28.2 Å². The van der Waals surface area contributed by atoms with E-state index in [1.54, 1.807) is 0 Å². The zero-order valence-electron chi connectivity index (χ0n) is 9.12. The van der Waals surface area contributed by atoms with Crippen molar-refractivity contribution >= 4 is 27.7 Å². The molecule has 1 heterocycles. The molecule has 1 aromatic rings. The minimum atomic E-state index is 0.631. The number of aryl methyl sites for hydroxylation is 1. The van der Waals surface area contributed by atoms with Crippen molar-refractivity contribution in [3.63, 3.8) is 0 Å². The lowest BCUT2D eigenvalue weighted by atomic mass is 10.1. The van der Waals surface area contributed by atoms with Crippen LogP contribution in [0, 0.1) is 0 Å². The Labute approximate surface area is 109 Å². The van der Waals surface area contributed by atoms with Crippen molar-refractivity contribution in [3.8, 4) is 0 Å². The van der Waals surface area contributed by atoms with Crippen LogP contribution in [-0.2, 0) is 11.2 Å². The van der Waals surface area contributed by atoms with Crippen molar-refractivity contribution in [2.75, 3.05) is 19.8 Å². The highest BCUT2D eigenvalue weighted by molar-refractivity contribution is 9.10. The Hall–Kier alpha value is -0.0300. The molecule has 2 nitrogen and oxygen atoms in total. The molecule has 0 amide bonds. The largest absolute Gasteiger partial charge is 0.379 e. The number of hydrogen-bond donors (Lipinski definition) is 1. The average Bonchev–Trinajstić information content (AvgIpc) is 2.22. The van der Waals surface area contributed by atoms with Gasteiger partial charge in [0.15, 0.2) is 0 Å². The first kappa shape index (κ1) is 12.4. The molecule has 1 aromatic carbocycles. The van der Waals surface area contributed by atoms with Crippen LogP contribution in [0.5, 0.6) is 0 Å². The van der Waals surface area contributed by atoms with Gasteiger partial charge in [0.25, 0.3) is 0 Å². The van der Waals surface area contributed by atoms with Crippen LogP contribution in [0.15, 0.2) is 27.6 Å². The fourth-order valence-corrected chi connectivity index (χ4v) is 3.28. The summed E-state index contributed by atoms with van der Waals surface area (Å²) in [4.78, 5) is 1.31. The van der Waals surface area contributed by atoms with Gasteiger partial charge in [0.2, 0.25) is 0 Å². The molecular formula is C12H16BrNOS. The summed E-state index contributed by atoms with van der Waals surface area (Å²) < 4.78 is 6.37. The maximum atomic E-state index is 5.51. The minimum absolute atomic E-state index is 0.631. The lowest BCUT2D eigenvalue weighted by Gasteiger charge is -2.25. The van der Waals surface area contributed by atoms with Gasteiger partial charge in [-0.25, -0.2) is 0 Å². The van der Waals surface area contributed by atoms with E-state index < -0.39 is 0 Å². The summed E-state index contributed by atoms with van der Waals surface area (Å²) in [5, 5.41) is 0.631. The summed E-state index contributed by atoms with van der Waals surface area (Å²) >= 11 is 5.52. The smallest absolute Gasteiger partial charge is 0.0611 e. The van der Waals surface area contributed by atoms with E-state index in [-0.39, 0.29) is 0 Å². The number of nitrogens with two attached hydrogens (primary N) is 1. The fourth-order valence-electron chi connectivity index (χ4n) is 1.56. The highest BCUT2D eigenvalue weighted by Gasteiger charge is 2.20. The Balaban J connectivity index is 1.97. The molecule has 1 saturated heterocycles. The highest BCUT2D eigenvalue weighted by atomic mass is 79.9. The average molecular weight is 302 g/mol. The van der Waals surface area contributed by atoms with Gasteiger partial charge in [-0.1, -0.05) is 6.07 Å². The Morgan fingerprint density at radius 1 is 1.44 bits per heavy atom. The van der Waals surface area contributed by atoms with Crippen LogP contribution in [0.2, 0.25) is 0 Å². The second-order valence-corrected chi connectivity index (χ2v) is 6.13. The molecule has 2 rings (SSSR count). The van der Waals surface area contributed by atoms with E-state index in [9.17, 15) is 0 Å². The highest BCUT2D eigenvalue weighted by Crippen LogP contribution is 2.34. The normalized spacial score (nSPS) is 16.1. The Bertz CT molecular complexity index is 355. The molecule has 0 radical (unpaired) electrons. The lowest BCUT2D eigenvalue weighted by molar-refractivity contribution is 0.0455. The standard InChI is InChI=1S/C12H16BrNOS/c13-11-6-9(2-1-5-14)3-4-12(11)16-10-7-15-8-10/h3-4,6,10H,1-2,5,7-8,14H2. The number of benzene rings is 1. The Kier molecular flexibility index (Phi) is 4.70. The van der Waals surface area contributed by atoms with Crippen molar-refractivity contribution in [2.45, 2.75) is 23.0 Å². The van der Waals surface area contributed by atoms with Crippen LogP contribution < -0.4 is 5.73 Å². The van der Waals surface area contributed by atoms with E-state index in [0.717, 1.165) is 32.6 Å². The predicted molar refractivity (Wildman–Crippen MR) is 72.0 cm³/mol. The first-order chi connectivity index (χ1) is 7.79. The Morgan fingerprint density at radius 3 is 2.81 bits per heavy atom. The van der Waals surface area contributed by atoms with Gasteiger partial charge in [-0.05, 0) is 53.0 Å². The van der Waals surface area contributed by atoms with E-state index >= 15 is 0 Å². The molecule has 0 saturated carbocycles. The molecule has 16 heavy (non-hydrogen) atoms. The van der Waals surface area contributed by atoms with Crippen LogP contribution in [0.4, 0.5) is 0 Å². The summed E-state index contributed by atoms with van der Waals surface area (Å²) in [6, 6.07) is 6.60. The zero-order chi connectivity index (χ0) is 11.4. The summed E-state index contributed by atoms with van der Waals surface area (Å²) in [6.45, 7) is 2.52. The lowest BCUT2D eigenvalue weighted by Crippen LogP contribution is -2.30. The van der Waals surface area contributed by atoms with Gasteiger partial charge in [-0.3, -0.25) is 0 Å². The second-order valence-electron chi connectivity index (χ2n) is 3.93. The van der Waals surface area contributed by atoms with Crippen LogP contribution >= 0.6 is 27.7 Å². The third-order valence-corrected chi connectivity index (χ3v) is 4.70. The van der Waals surface area contributed by atoms with Gasteiger partial charge in [-0.15, -0.1) is 11.8 Å². The first-order valence-corrected chi connectivity index (χ1v) is 7.20. The molecule has 88 valence electrons. The molecule has 0 bridgehead atoms.